The Morgan fingerprint density at radius 2 is 2.00 bits per heavy atom. The van der Waals surface area contributed by atoms with Gasteiger partial charge in [0, 0.05) is 25.5 Å². The minimum atomic E-state index is -3.52. The number of carbonyl (C=O) groups excluding carboxylic acids is 1. The van der Waals surface area contributed by atoms with Gasteiger partial charge in [0.25, 0.3) is 5.91 Å². The summed E-state index contributed by atoms with van der Waals surface area (Å²) < 4.78 is 31.4. The number of nitrogens with one attached hydrogen (secondary N) is 1. The van der Waals surface area contributed by atoms with Crippen LogP contribution in [-0.2, 0) is 10.0 Å². The third-order valence-corrected chi connectivity index (χ3v) is 8.09. The molecule has 4 atom stereocenters. The highest BCUT2D eigenvalue weighted by Gasteiger charge is 2.42. The number of carbonyl (C=O) groups is 1. The zero-order valence-electron chi connectivity index (χ0n) is 15.9. The topological polar surface area (TPSA) is 79.6 Å². The van der Waals surface area contributed by atoms with E-state index >= 15 is 0 Å². The number of hydrogen-bond donors (Lipinski definition) is 1. The van der Waals surface area contributed by atoms with Gasteiger partial charge in [0.15, 0.2) is 5.76 Å². The fourth-order valence-electron chi connectivity index (χ4n) is 4.80. The first kappa shape index (κ1) is 18.5. The number of furan rings is 1. The Hall–Kier alpha value is -1.86. The molecule has 146 valence electrons. The Bertz CT molecular complexity index is 979. The molecule has 2 aliphatic carbocycles. The smallest absolute Gasteiger partial charge is 0.287 e. The van der Waals surface area contributed by atoms with Gasteiger partial charge in [-0.05, 0) is 68.2 Å². The summed E-state index contributed by atoms with van der Waals surface area (Å²) in [4.78, 5) is 12.8. The molecule has 2 aromatic rings. The van der Waals surface area contributed by atoms with Crippen LogP contribution in [0.25, 0.3) is 11.0 Å². The number of benzene rings is 1. The van der Waals surface area contributed by atoms with Crippen molar-refractivity contribution < 1.29 is 17.6 Å². The minimum Gasteiger partial charge on any atom is -0.451 e. The van der Waals surface area contributed by atoms with Gasteiger partial charge >= 0.3 is 0 Å². The Morgan fingerprint density at radius 3 is 2.63 bits per heavy atom. The van der Waals surface area contributed by atoms with Crippen molar-refractivity contribution in [2.24, 2.45) is 17.8 Å². The van der Waals surface area contributed by atoms with E-state index in [1.54, 1.807) is 18.2 Å². The van der Waals surface area contributed by atoms with Crippen LogP contribution in [0.4, 0.5) is 0 Å². The average Bonchev–Trinajstić information content (AvgIpc) is 3.35. The molecule has 1 heterocycles. The van der Waals surface area contributed by atoms with E-state index in [2.05, 4.69) is 12.2 Å². The summed E-state index contributed by atoms with van der Waals surface area (Å²) in [6.07, 6.45) is 5.13. The van der Waals surface area contributed by atoms with E-state index in [-0.39, 0.29) is 22.6 Å². The highest BCUT2D eigenvalue weighted by molar-refractivity contribution is 7.89. The van der Waals surface area contributed by atoms with Crippen LogP contribution < -0.4 is 5.32 Å². The van der Waals surface area contributed by atoms with Crippen molar-refractivity contribution in [3.05, 3.63) is 30.0 Å². The van der Waals surface area contributed by atoms with Crippen molar-refractivity contribution in [3.8, 4) is 0 Å². The summed E-state index contributed by atoms with van der Waals surface area (Å²) in [5.41, 5.74) is 0.505. The van der Waals surface area contributed by atoms with Gasteiger partial charge in [-0.15, -0.1) is 0 Å². The molecular formula is C20H26N2O4S. The summed E-state index contributed by atoms with van der Waals surface area (Å²) >= 11 is 0. The van der Waals surface area contributed by atoms with Crippen LogP contribution in [0.15, 0.2) is 33.6 Å². The van der Waals surface area contributed by atoms with Gasteiger partial charge in [-0.25, -0.2) is 12.7 Å². The maximum atomic E-state index is 12.6. The molecule has 2 aliphatic rings. The molecule has 2 fully saturated rings. The molecule has 0 aliphatic heterocycles. The highest BCUT2D eigenvalue weighted by Crippen LogP contribution is 2.49. The largest absolute Gasteiger partial charge is 0.451 e. The van der Waals surface area contributed by atoms with Crippen LogP contribution in [-0.4, -0.2) is 38.8 Å². The molecule has 2 saturated carbocycles. The monoisotopic (exact) mass is 390 g/mol. The molecule has 7 heteroatoms. The van der Waals surface area contributed by atoms with Gasteiger partial charge in [0.1, 0.15) is 5.58 Å². The molecule has 4 unspecified atom stereocenters. The molecule has 6 nitrogen and oxygen atoms in total. The molecular weight excluding hydrogens is 364 g/mol. The molecule has 27 heavy (non-hydrogen) atoms. The Labute approximate surface area is 160 Å². The first-order chi connectivity index (χ1) is 12.8. The number of sulfonamides is 1. The molecule has 0 saturated heterocycles. The van der Waals surface area contributed by atoms with Crippen molar-refractivity contribution in [3.63, 3.8) is 0 Å². The van der Waals surface area contributed by atoms with Crippen LogP contribution in [0.3, 0.4) is 0 Å². The van der Waals surface area contributed by atoms with Gasteiger partial charge in [0.05, 0.1) is 4.90 Å². The third-order valence-electron chi connectivity index (χ3n) is 6.28. The van der Waals surface area contributed by atoms with E-state index in [1.165, 1.54) is 50.2 Å². The van der Waals surface area contributed by atoms with Crippen LogP contribution in [0.1, 0.15) is 43.2 Å². The summed E-state index contributed by atoms with van der Waals surface area (Å²) in [6.45, 7) is 2.08. The number of nitrogens with zero attached hydrogens (tertiary/aromatic N) is 1. The minimum absolute atomic E-state index is 0.116. The fourth-order valence-corrected chi connectivity index (χ4v) is 5.73. The second-order valence-electron chi connectivity index (χ2n) is 8.20. The van der Waals surface area contributed by atoms with Gasteiger partial charge in [-0.2, -0.15) is 0 Å². The second kappa shape index (κ2) is 6.63. The van der Waals surface area contributed by atoms with Crippen LogP contribution in [0.5, 0.6) is 0 Å². The normalized spacial score (nSPS) is 26.0. The van der Waals surface area contributed by atoms with Crippen LogP contribution in [0.2, 0.25) is 0 Å². The average molecular weight is 391 g/mol. The Morgan fingerprint density at radius 1 is 1.22 bits per heavy atom. The van der Waals surface area contributed by atoms with Gasteiger partial charge in [-0.1, -0.05) is 6.42 Å². The zero-order chi connectivity index (χ0) is 19.3. The lowest BCUT2D eigenvalue weighted by atomic mass is 9.84. The zero-order valence-corrected chi connectivity index (χ0v) is 16.8. The molecule has 0 spiro atoms. The maximum absolute atomic E-state index is 12.6. The number of hydrogen-bond acceptors (Lipinski definition) is 4. The van der Waals surface area contributed by atoms with Crippen LogP contribution in [0, 0.1) is 17.8 Å². The summed E-state index contributed by atoms with van der Waals surface area (Å²) in [5, 5.41) is 3.69. The van der Waals surface area contributed by atoms with E-state index in [0.29, 0.717) is 16.9 Å². The predicted molar refractivity (Wildman–Crippen MR) is 103 cm³/mol. The van der Waals surface area contributed by atoms with Crippen molar-refractivity contribution in [1.29, 1.82) is 0 Å². The molecule has 2 bridgehead atoms. The molecule has 4 rings (SSSR count). The summed E-state index contributed by atoms with van der Waals surface area (Å²) in [7, 11) is -0.541. The van der Waals surface area contributed by atoms with E-state index in [1.807, 2.05) is 0 Å². The predicted octanol–water partition coefficient (Wildman–Crippen LogP) is 3.24. The van der Waals surface area contributed by atoms with Crippen LogP contribution >= 0.6 is 0 Å². The third kappa shape index (κ3) is 3.27. The lowest BCUT2D eigenvalue weighted by Crippen LogP contribution is -2.39. The van der Waals surface area contributed by atoms with Crippen molar-refractivity contribution in [2.75, 3.05) is 14.1 Å². The highest BCUT2D eigenvalue weighted by atomic mass is 32.2. The molecule has 1 aromatic heterocycles. The summed E-state index contributed by atoms with van der Waals surface area (Å²) in [5.74, 6) is 2.11. The standard InChI is InChI=1S/C20H26N2O4S/c1-12(17-9-13-4-5-14(17)8-13)21-20(23)19-11-15-10-16(6-7-18(15)26-19)27(24,25)22(2)3/h6-7,10-14,17H,4-5,8-9H2,1-3H3,(H,21,23). The molecule has 1 amide bonds. The number of fused-ring (bicyclic) bond motifs is 3. The van der Waals surface area contributed by atoms with Crippen molar-refractivity contribution in [1.82, 2.24) is 9.62 Å². The van der Waals surface area contributed by atoms with Crippen molar-refractivity contribution in [2.45, 2.75) is 43.5 Å². The second-order valence-corrected chi connectivity index (χ2v) is 10.4. The van der Waals surface area contributed by atoms with Crippen molar-refractivity contribution >= 4 is 26.9 Å². The first-order valence-corrected chi connectivity index (χ1v) is 11.0. The Balaban J connectivity index is 1.52. The summed E-state index contributed by atoms with van der Waals surface area (Å²) in [6, 6.07) is 6.38. The van der Waals surface area contributed by atoms with E-state index < -0.39 is 10.0 Å². The van der Waals surface area contributed by atoms with Gasteiger partial charge < -0.3 is 9.73 Å². The van der Waals surface area contributed by atoms with E-state index in [0.717, 1.165) is 11.8 Å². The molecule has 0 radical (unpaired) electrons. The van der Waals surface area contributed by atoms with Gasteiger partial charge in [-0.3, -0.25) is 4.79 Å². The SMILES string of the molecule is CC(NC(=O)c1cc2cc(S(=O)(=O)N(C)C)ccc2o1)C1CC2CCC1C2. The van der Waals surface area contributed by atoms with Gasteiger partial charge in [0.2, 0.25) is 10.0 Å². The Kier molecular flexibility index (Phi) is 4.55. The lowest BCUT2D eigenvalue weighted by Gasteiger charge is -2.28. The number of amides is 1. The first-order valence-electron chi connectivity index (χ1n) is 9.52. The van der Waals surface area contributed by atoms with E-state index in [9.17, 15) is 13.2 Å². The maximum Gasteiger partial charge on any atom is 0.287 e. The lowest BCUT2D eigenvalue weighted by molar-refractivity contribution is 0.0889. The molecule has 1 aromatic carbocycles. The fraction of sp³-hybridized carbons (Fsp3) is 0.550. The van der Waals surface area contributed by atoms with E-state index in [4.69, 9.17) is 4.42 Å². The molecule has 1 N–H and O–H groups in total. The quantitative estimate of drug-likeness (QED) is 0.850. The number of rotatable bonds is 5.